The van der Waals surface area contributed by atoms with Crippen LogP contribution in [0.25, 0.3) is 0 Å². The van der Waals surface area contributed by atoms with Crippen LogP contribution in [0.2, 0.25) is 0 Å². The molecule has 0 radical (unpaired) electrons. The number of aryl methyl sites for hydroxylation is 1. The van der Waals surface area contributed by atoms with E-state index in [0.29, 0.717) is 4.90 Å². The van der Waals surface area contributed by atoms with E-state index in [9.17, 15) is 5.21 Å². The molecule has 4 heteroatoms. The predicted octanol–water partition coefficient (Wildman–Crippen LogP) is 1.38. The third-order valence-corrected chi connectivity index (χ3v) is 2.76. The van der Waals surface area contributed by atoms with Crippen molar-refractivity contribution in [1.82, 2.24) is 5.16 Å². The van der Waals surface area contributed by atoms with E-state index in [1.807, 2.05) is 0 Å². The minimum absolute atomic E-state index is 0.114. The van der Waals surface area contributed by atoms with Crippen LogP contribution >= 0.6 is 0 Å². The van der Waals surface area contributed by atoms with E-state index in [-0.39, 0.29) is 11.3 Å². The number of fused-ring (bicyclic) bond motifs is 1. The molecule has 1 aromatic rings. The molecular formula is C9H14N2O2. The van der Waals surface area contributed by atoms with Gasteiger partial charge in [0.25, 0.3) is 0 Å². The summed E-state index contributed by atoms with van der Waals surface area (Å²) in [5, 5.41) is 15.0. The Labute approximate surface area is 77.1 Å². The summed E-state index contributed by atoms with van der Waals surface area (Å²) >= 11 is 0. The summed E-state index contributed by atoms with van der Waals surface area (Å²) in [5.41, 5.74) is 1.70. The van der Waals surface area contributed by atoms with Gasteiger partial charge >= 0.3 is 0 Å². The molecule has 13 heavy (non-hydrogen) atoms. The van der Waals surface area contributed by atoms with Crippen LogP contribution in [0, 0.1) is 10.6 Å². The van der Waals surface area contributed by atoms with E-state index < -0.39 is 0 Å². The first kappa shape index (κ1) is 8.53. The Kier molecular flexibility index (Phi) is 1.62. The van der Waals surface area contributed by atoms with Gasteiger partial charge in [-0.15, -0.1) is 0 Å². The highest BCUT2D eigenvalue weighted by Gasteiger charge is 2.41. The fourth-order valence-corrected chi connectivity index (χ4v) is 2.05. The Morgan fingerprint density at radius 1 is 1.54 bits per heavy atom. The second-order valence-electron chi connectivity index (χ2n) is 4.72. The molecule has 1 aliphatic carbocycles. The van der Waals surface area contributed by atoms with Gasteiger partial charge in [0, 0.05) is 17.5 Å². The van der Waals surface area contributed by atoms with Crippen molar-refractivity contribution < 1.29 is 9.53 Å². The minimum Gasteiger partial charge on any atom is -0.359 e. The lowest BCUT2D eigenvalue weighted by Crippen LogP contribution is -2.33. The molecule has 0 saturated heterocycles. The van der Waals surface area contributed by atoms with Gasteiger partial charge in [0.15, 0.2) is 0 Å². The fourth-order valence-electron chi connectivity index (χ4n) is 2.05. The topological polar surface area (TPSA) is 53.0 Å². The number of aromatic nitrogens is 2. The Balaban J connectivity index is 2.42. The molecule has 1 atom stereocenters. The minimum atomic E-state index is 0.114. The zero-order valence-corrected chi connectivity index (χ0v) is 8.20. The molecule has 1 aromatic heterocycles. The molecule has 1 heterocycles. The summed E-state index contributed by atoms with van der Waals surface area (Å²) in [7, 11) is 0. The van der Waals surface area contributed by atoms with Gasteiger partial charge in [0.1, 0.15) is 0 Å². The molecule has 0 fully saturated rings. The van der Waals surface area contributed by atoms with E-state index in [0.717, 1.165) is 24.2 Å². The molecule has 72 valence electrons. The molecule has 1 aliphatic rings. The lowest BCUT2D eigenvalue weighted by atomic mass is 9.79. The van der Waals surface area contributed by atoms with E-state index in [1.165, 1.54) is 0 Å². The first-order chi connectivity index (χ1) is 6.00. The van der Waals surface area contributed by atoms with Crippen LogP contribution < -0.4 is 4.90 Å². The Hall–Kier alpha value is -1.06. The van der Waals surface area contributed by atoms with Gasteiger partial charge in [0.2, 0.25) is 11.4 Å². The first-order valence-electron chi connectivity index (χ1n) is 4.58. The van der Waals surface area contributed by atoms with Crippen LogP contribution in [0.15, 0.2) is 4.63 Å². The highest BCUT2D eigenvalue weighted by molar-refractivity contribution is 5.19. The normalized spacial score (nSPS) is 21.9. The molecule has 0 amide bonds. The Morgan fingerprint density at radius 2 is 2.23 bits per heavy atom. The quantitative estimate of drug-likeness (QED) is 0.569. The fraction of sp³-hybridized carbons (Fsp3) is 0.778. The molecule has 4 nitrogen and oxygen atoms in total. The Bertz CT molecular complexity index is 325. The third kappa shape index (κ3) is 1.20. The van der Waals surface area contributed by atoms with Gasteiger partial charge in [0.05, 0.1) is 0 Å². The highest BCUT2D eigenvalue weighted by Crippen LogP contribution is 2.42. The van der Waals surface area contributed by atoms with Gasteiger partial charge in [-0.3, -0.25) is 4.63 Å². The van der Waals surface area contributed by atoms with E-state index in [2.05, 4.69) is 30.6 Å². The molecule has 1 unspecified atom stereocenters. The maximum absolute atomic E-state index is 11.3. The average molecular weight is 182 g/mol. The van der Waals surface area contributed by atoms with Crippen molar-refractivity contribution in [2.75, 3.05) is 0 Å². The van der Waals surface area contributed by atoms with Gasteiger partial charge in [-0.2, -0.15) is 0 Å². The van der Waals surface area contributed by atoms with E-state index in [4.69, 9.17) is 0 Å². The first-order valence-corrected chi connectivity index (χ1v) is 4.58. The molecule has 0 N–H and O–H groups in total. The van der Waals surface area contributed by atoms with Crippen LogP contribution in [0.3, 0.4) is 0 Å². The highest BCUT2D eigenvalue weighted by atomic mass is 16.8. The average Bonchev–Trinajstić information content (AvgIpc) is 2.51. The number of hydrogen-bond acceptors (Lipinski definition) is 3. The van der Waals surface area contributed by atoms with Gasteiger partial charge in [-0.25, -0.2) is 0 Å². The summed E-state index contributed by atoms with van der Waals surface area (Å²) in [5.74, 6) is 0.284. The number of rotatable bonds is 0. The smallest absolute Gasteiger partial charge is 0.221 e. The van der Waals surface area contributed by atoms with Crippen molar-refractivity contribution in [3.8, 4) is 0 Å². The summed E-state index contributed by atoms with van der Waals surface area (Å²) in [4.78, 5) is 0.568. The summed E-state index contributed by atoms with van der Waals surface area (Å²) < 4.78 is 4.57. The lowest BCUT2D eigenvalue weighted by molar-refractivity contribution is -0.809. The second kappa shape index (κ2) is 2.47. The molecule has 0 aliphatic heterocycles. The molecule has 0 spiro atoms. The van der Waals surface area contributed by atoms with Crippen molar-refractivity contribution >= 4 is 0 Å². The third-order valence-electron chi connectivity index (χ3n) is 2.76. The summed E-state index contributed by atoms with van der Waals surface area (Å²) in [6.45, 7) is 6.42. The second-order valence-corrected chi connectivity index (χ2v) is 4.72. The monoisotopic (exact) mass is 182 g/mol. The van der Waals surface area contributed by atoms with Crippen LogP contribution in [-0.2, 0) is 6.42 Å². The standard InChI is InChI=1S/C9H14N2O2/c1-9(2,3)6-4-5-7-8(6)11(12)13-10-7/h6H,4-5H2,1-3H3. The summed E-state index contributed by atoms with van der Waals surface area (Å²) in [6.07, 6.45) is 1.88. The lowest BCUT2D eigenvalue weighted by Gasteiger charge is -2.24. The predicted molar refractivity (Wildman–Crippen MR) is 46.0 cm³/mol. The molecule has 0 bridgehead atoms. The molecule has 0 saturated carbocycles. The molecular weight excluding hydrogens is 168 g/mol. The van der Waals surface area contributed by atoms with Crippen molar-refractivity contribution in [2.24, 2.45) is 5.41 Å². The van der Waals surface area contributed by atoms with Crippen LogP contribution in [-0.4, -0.2) is 5.16 Å². The van der Waals surface area contributed by atoms with Crippen molar-refractivity contribution in [3.05, 3.63) is 16.6 Å². The van der Waals surface area contributed by atoms with Gasteiger partial charge < -0.3 is 5.21 Å². The SMILES string of the molecule is CC(C)(C)C1CCc2no[n+]([O-])c21. The van der Waals surface area contributed by atoms with Crippen LogP contribution in [0.5, 0.6) is 0 Å². The number of nitrogens with zero attached hydrogens (tertiary/aromatic N) is 2. The van der Waals surface area contributed by atoms with Crippen molar-refractivity contribution in [3.63, 3.8) is 0 Å². The van der Waals surface area contributed by atoms with E-state index in [1.54, 1.807) is 0 Å². The summed E-state index contributed by atoms with van der Waals surface area (Å²) in [6, 6.07) is 0. The zero-order chi connectivity index (χ0) is 9.64. The maximum atomic E-state index is 11.3. The van der Waals surface area contributed by atoms with Crippen molar-refractivity contribution in [1.29, 1.82) is 0 Å². The molecule has 0 aromatic carbocycles. The number of hydrogen-bond donors (Lipinski definition) is 0. The largest absolute Gasteiger partial charge is 0.359 e. The zero-order valence-electron chi connectivity index (χ0n) is 8.20. The van der Waals surface area contributed by atoms with Crippen LogP contribution in [0.1, 0.15) is 44.5 Å². The van der Waals surface area contributed by atoms with Crippen molar-refractivity contribution in [2.45, 2.75) is 39.5 Å². The molecule has 2 rings (SSSR count). The van der Waals surface area contributed by atoms with E-state index >= 15 is 0 Å². The van der Waals surface area contributed by atoms with Gasteiger partial charge in [-0.05, 0) is 16.7 Å². The Morgan fingerprint density at radius 3 is 2.85 bits per heavy atom. The van der Waals surface area contributed by atoms with Gasteiger partial charge in [-0.1, -0.05) is 20.8 Å². The van der Waals surface area contributed by atoms with Crippen LogP contribution in [0.4, 0.5) is 0 Å². The maximum Gasteiger partial charge on any atom is 0.221 e.